The van der Waals surface area contributed by atoms with Crippen LogP contribution in [-0.2, 0) is 0 Å². The van der Waals surface area contributed by atoms with Gasteiger partial charge in [0.25, 0.3) is 5.69 Å². The summed E-state index contributed by atoms with van der Waals surface area (Å²) in [5, 5.41) is 19.0. The number of nitrogens with zero attached hydrogens (tertiary/aromatic N) is 2. The summed E-state index contributed by atoms with van der Waals surface area (Å²) in [6.45, 7) is 1.22. The van der Waals surface area contributed by atoms with Gasteiger partial charge in [0.1, 0.15) is 0 Å². The number of rotatable bonds is 6. The third kappa shape index (κ3) is 4.30. The first-order chi connectivity index (χ1) is 8.04. The highest BCUT2D eigenvalue weighted by molar-refractivity contribution is 6.21. The Morgan fingerprint density at radius 3 is 2.53 bits per heavy atom. The molecule has 17 heavy (non-hydrogen) atoms. The summed E-state index contributed by atoms with van der Waals surface area (Å²) in [5.74, 6) is 0. The Kier molecular flexibility index (Phi) is 5.34. The van der Waals surface area contributed by atoms with Crippen molar-refractivity contribution in [3.8, 4) is 0 Å². The molecule has 0 spiro atoms. The first kappa shape index (κ1) is 13.9. The van der Waals surface area contributed by atoms with E-state index in [0.29, 0.717) is 13.1 Å². The fraction of sp³-hybridized carbons (Fsp3) is 0.455. The standard InChI is InChI=1S/C11H15ClN2O3/c1-13(6-7-15)8-11(12)9-2-4-10(5-3-9)14(16)17/h2-5,11,15H,6-8H2,1H3. The van der Waals surface area contributed by atoms with E-state index in [-0.39, 0.29) is 17.7 Å². The maximum atomic E-state index is 10.5. The Hall–Kier alpha value is -1.17. The Bertz CT molecular complexity index is 369. The van der Waals surface area contributed by atoms with E-state index < -0.39 is 4.92 Å². The van der Waals surface area contributed by atoms with Gasteiger partial charge in [-0.1, -0.05) is 12.1 Å². The first-order valence-corrected chi connectivity index (χ1v) is 5.66. The molecule has 0 aliphatic heterocycles. The predicted octanol–water partition coefficient (Wildman–Crippen LogP) is 1.80. The number of alkyl halides is 1. The molecule has 0 fully saturated rings. The Morgan fingerprint density at radius 2 is 2.06 bits per heavy atom. The number of non-ortho nitro benzene ring substituents is 1. The highest BCUT2D eigenvalue weighted by Gasteiger charge is 2.12. The van der Waals surface area contributed by atoms with E-state index in [0.717, 1.165) is 5.56 Å². The second kappa shape index (κ2) is 6.54. The lowest BCUT2D eigenvalue weighted by Gasteiger charge is -2.19. The molecule has 5 nitrogen and oxygen atoms in total. The molecule has 1 N–H and O–H groups in total. The summed E-state index contributed by atoms with van der Waals surface area (Å²) >= 11 is 6.18. The summed E-state index contributed by atoms with van der Waals surface area (Å²) in [5.41, 5.74) is 0.892. The van der Waals surface area contributed by atoms with Crippen LogP contribution in [0.5, 0.6) is 0 Å². The van der Waals surface area contributed by atoms with Gasteiger partial charge >= 0.3 is 0 Å². The number of nitro groups is 1. The van der Waals surface area contributed by atoms with E-state index in [1.165, 1.54) is 12.1 Å². The zero-order chi connectivity index (χ0) is 12.8. The van der Waals surface area contributed by atoms with Crippen LogP contribution < -0.4 is 0 Å². The topological polar surface area (TPSA) is 66.6 Å². The Labute approximate surface area is 105 Å². The lowest BCUT2D eigenvalue weighted by molar-refractivity contribution is -0.384. The zero-order valence-electron chi connectivity index (χ0n) is 9.54. The lowest BCUT2D eigenvalue weighted by Crippen LogP contribution is -2.25. The van der Waals surface area contributed by atoms with Gasteiger partial charge in [-0.05, 0) is 12.6 Å². The van der Waals surface area contributed by atoms with Crippen molar-refractivity contribution >= 4 is 17.3 Å². The van der Waals surface area contributed by atoms with E-state index in [4.69, 9.17) is 16.7 Å². The third-order valence-corrected chi connectivity index (χ3v) is 2.81. The van der Waals surface area contributed by atoms with Gasteiger partial charge in [-0.3, -0.25) is 10.1 Å². The number of aliphatic hydroxyl groups excluding tert-OH is 1. The van der Waals surface area contributed by atoms with Crippen LogP contribution in [0.25, 0.3) is 0 Å². The van der Waals surface area contributed by atoms with Crippen molar-refractivity contribution in [2.45, 2.75) is 5.38 Å². The summed E-state index contributed by atoms with van der Waals surface area (Å²) < 4.78 is 0. The molecule has 94 valence electrons. The van der Waals surface area contributed by atoms with Crippen LogP contribution in [0, 0.1) is 10.1 Å². The predicted molar refractivity (Wildman–Crippen MR) is 66.3 cm³/mol. The molecule has 0 heterocycles. The van der Waals surface area contributed by atoms with Crippen molar-refractivity contribution < 1.29 is 10.0 Å². The number of benzene rings is 1. The zero-order valence-corrected chi connectivity index (χ0v) is 10.3. The molecular weight excluding hydrogens is 244 g/mol. The van der Waals surface area contributed by atoms with E-state index in [9.17, 15) is 10.1 Å². The molecular formula is C11H15ClN2O3. The largest absolute Gasteiger partial charge is 0.395 e. The smallest absolute Gasteiger partial charge is 0.269 e. The van der Waals surface area contributed by atoms with Gasteiger partial charge in [0.05, 0.1) is 16.9 Å². The van der Waals surface area contributed by atoms with Gasteiger partial charge in [0, 0.05) is 25.2 Å². The lowest BCUT2D eigenvalue weighted by atomic mass is 10.1. The summed E-state index contributed by atoms with van der Waals surface area (Å²) in [7, 11) is 1.86. The van der Waals surface area contributed by atoms with Crippen molar-refractivity contribution in [3.05, 3.63) is 39.9 Å². The number of hydrogen-bond acceptors (Lipinski definition) is 4. The molecule has 1 unspecified atom stereocenters. The van der Waals surface area contributed by atoms with Crippen molar-refractivity contribution in [2.75, 3.05) is 26.7 Å². The fourth-order valence-electron chi connectivity index (χ4n) is 1.45. The van der Waals surface area contributed by atoms with Gasteiger partial charge in [0.15, 0.2) is 0 Å². The van der Waals surface area contributed by atoms with E-state index in [2.05, 4.69) is 0 Å². The van der Waals surface area contributed by atoms with E-state index >= 15 is 0 Å². The molecule has 0 radical (unpaired) electrons. The minimum Gasteiger partial charge on any atom is -0.395 e. The number of halogens is 1. The van der Waals surface area contributed by atoms with Crippen LogP contribution in [0.3, 0.4) is 0 Å². The summed E-state index contributed by atoms with van der Waals surface area (Å²) in [6, 6.07) is 6.19. The van der Waals surface area contributed by atoms with Crippen LogP contribution in [0.1, 0.15) is 10.9 Å². The van der Waals surface area contributed by atoms with Crippen molar-refractivity contribution in [3.63, 3.8) is 0 Å². The molecule has 1 rings (SSSR count). The molecule has 0 saturated carbocycles. The van der Waals surface area contributed by atoms with Crippen LogP contribution in [0.15, 0.2) is 24.3 Å². The van der Waals surface area contributed by atoms with Gasteiger partial charge < -0.3 is 10.0 Å². The normalized spacial score (nSPS) is 12.7. The van der Waals surface area contributed by atoms with Gasteiger partial charge in [0.2, 0.25) is 0 Å². The van der Waals surface area contributed by atoms with Crippen LogP contribution in [0.2, 0.25) is 0 Å². The van der Waals surface area contributed by atoms with Crippen LogP contribution >= 0.6 is 11.6 Å². The average Bonchev–Trinajstić information content (AvgIpc) is 2.29. The maximum Gasteiger partial charge on any atom is 0.269 e. The molecule has 0 aliphatic rings. The molecule has 0 aliphatic carbocycles. The van der Waals surface area contributed by atoms with Crippen molar-refractivity contribution in [1.82, 2.24) is 4.90 Å². The second-order valence-corrected chi connectivity index (χ2v) is 4.33. The second-order valence-electron chi connectivity index (χ2n) is 3.80. The van der Waals surface area contributed by atoms with Crippen LogP contribution in [0.4, 0.5) is 5.69 Å². The van der Waals surface area contributed by atoms with Crippen LogP contribution in [-0.4, -0.2) is 41.7 Å². The highest BCUT2D eigenvalue weighted by Crippen LogP contribution is 2.23. The first-order valence-electron chi connectivity index (χ1n) is 5.22. The molecule has 0 aromatic heterocycles. The molecule has 0 amide bonds. The third-order valence-electron chi connectivity index (χ3n) is 2.42. The Balaban J connectivity index is 2.63. The maximum absolute atomic E-state index is 10.5. The molecule has 1 atom stereocenters. The van der Waals surface area contributed by atoms with Crippen molar-refractivity contribution in [2.24, 2.45) is 0 Å². The van der Waals surface area contributed by atoms with Crippen molar-refractivity contribution in [1.29, 1.82) is 0 Å². The number of likely N-dealkylation sites (N-methyl/N-ethyl adjacent to an activating group) is 1. The van der Waals surface area contributed by atoms with E-state index in [1.807, 2.05) is 11.9 Å². The minimum atomic E-state index is -0.440. The summed E-state index contributed by atoms with van der Waals surface area (Å²) in [6.07, 6.45) is 0. The number of hydrogen-bond donors (Lipinski definition) is 1. The minimum absolute atomic E-state index is 0.0568. The molecule has 0 bridgehead atoms. The summed E-state index contributed by atoms with van der Waals surface area (Å²) in [4.78, 5) is 11.9. The number of nitro benzene ring substituents is 1. The monoisotopic (exact) mass is 258 g/mol. The average molecular weight is 259 g/mol. The molecule has 1 aromatic rings. The van der Waals surface area contributed by atoms with Gasteiger partial charge in [-0.15, -0.1) is 11.6 Å². The Morgan fingerprint density at radius 1 is 1.47 bits per heavy atom. The fourth-order valence-corrected chi connectivity index (χ4v) is 1.83. The quantitative estimate of drug-likeness (QED) is 0.480. The van der Waals surface area contributed by atoms with Gasteiger partial charge in [-0.2, -0.15) is 0 Å². The molecule has 6 heteroatoms. The molecule has 1 aromatic carbocycles. The SMILES string of the molecule is CN(CCO)CC(Cl)c1ccc([N+](=O)[O-])cc1. The van der Waals surface area contributed by atoms with E-state index in [1.54, 1.807) is 12.1 Å². The van der Waals surface area contributed by atoms with Gasteiger partial charge in [-0.25, -0.2) is 0 Å². The molecule has 0 saturated heterocycles. The highest BCUT2D eigenvalue weighted by atomic mass is 35.5. The number of aliphatic hydroxyl groups is 1.